The van der Waals surface area contributed by atoms with Gasteiger partial charge in [0.2, 0.25) is 5.91 Å². The van der Waals surface area contributed by atoms with E-state index in [4.69, 9.17) is 25.4 Å². The summed E-state index contributed by atoms with van der Waals surface area (Å²) in [4.78, 5) is 58.4. The molecule has 3 rings (SSSR count). The number of nitrogens with one attached hydrogen (secondary N) is 3. The fourth-order valence-electron chi connectivity index (χ4n) is 4.32. The number of rotatable bonds is 22. The van der Waals surface area contributed by atoms with Gasteiger partial charge in [0, 0.05) is 26.6 Å². The topological polar surface area (TPSA) is 181 Å². The molecule has 0 saturated heterocycles. The summed E-state index contributed by atoms with van der Waals surface area (Å²) in [6.07, 6.45) is 4.91. The highest BCUT2D eigenvalue weighted by molar-refractivity contribution is 7.18. The minimum absolute atomic E-state index is 0.0761. The number of anilines is 1. The van der Waals surface area contributed by atoms with Crippen LogP contribution in [0.4, 0.5) is 5.00 Å². The monoisotopic (exact) mass is 671 g/mol. The van der Waals surface area contributed by atoms with Gasteiger partial charge in [0.15, 0.2) is 0 Å². The van der Waals surface area contributed by atoms with Gasteiger partial charge in [-0.1, -0.05) is 12.0 Å². The third kappa shape index (κ3) is 13.1. The van der Waals surface area contributed by atoms with Crippen LogP contribution in [0.25, 0.3) is 10.9 Å². The van der Waals surface area contributed by atoms with Crippen LogP contribution in [-0.2, 0) is 35.1 Å². The van der Waals surface area contributed by atoms with E-state index < -0.39 is 17.9 Å². The maximum atomic E-state index is 12.9. The molecule has 254 valence electrons. The van der Waals surface area contributed by atoms with Gasteiger partial charge in [0.1, 0.15) is 18.5 Å². The molecule has 0 bridgehead atoms. The lowest BCUT2D eigenvalue weighted by Gasteiger charge is -2.17. The third-order valence-corrected chi connectivity index (χ3v) is 7.84. The van der Waals surface area contributed by atoms with Gasteiger partial charge in [0.05, 0.1) is 67.0 Å². The van der Waals surface area contributed by atoms with Crippen LogP contribution in [0.15, 0.2) is 35.1 Å². The molecule has 47 heavy (non-hydrogen) atoms. The number of carboxylic acids is 1. The molecule has 1 aromatic carbocycles. The quantitative estimate of drug-likeness (QED) is 0.0902. The zero-order chi connectivity index (χ0) is 34.0. The van der Waals surface area contributed by atoms with E-state index in [-0.39, 0.29) is 44.1 Å². The van der Waals surface area contributed by atoms with Gasteiger partial charge in [0.25, 0.3) is 11.5 Å². The van der Waals surface area contributed by atoms with Crippen LogP contribution in [0.1, 0.15) is 33.9 Å². The SMILES string of the molecule is C#CCOCCOCCOCCOCCNC(=O)CC[C@H](NC(=O)c1ccc(N(C)Cc2ccc3[nH]c(C)nc(=O)c3c2)s1)C(=O)O. The Balaban J connectivity index is 1.33. The number of hydrogen-bond acceptors (Lipinski definition) is 11. The van der Waals surface area contributed by atoms with Crippen LogP contribution in [0.2, 0.25) is 0 Å². The maximum absolute atomic E-state index is 12.9. The van der Waals surface area contributed by atoms with E-state index in [2.05, 4.69) is 26.5 Å². The molecule has 0 unspecified atom stereocenters. The minimum atomic E-state index is -1.24. The highest BCUT2D eigenvalue weighted by Crippen LogP contribution is 2.27. The van der Waals surface area contributed by atoms with Crippen LogP contribution in [0, 0.1) is 19.3 Å². The van der Waals surface area contributed by atoms with E-state index >= 15 is 0 Å². The van der Waals surface area contributed by atoms with Gasteiger partial charge in [-0.15, -0.1) is 17.8 Å². The largest absolute Gasteiger partial charge is 0.480 e. The van der Waals surface area contributed by atoms with Crippen molar-refractivity contribution in [3.8, 4) is 12.3 Å². The molecular weight excluding hydrogens is 630 g/mol. The highest BCUT2D eigenvalue weighted by Gasteiger charge is 2.23. The Morgan fingerprint density at radius 1 is 1.04 bits per heavy atom. The molecule has 2 heterocycles. The summed E-state index contributed by atoms with van der Waals surface area (Å²) in [7, 11) is 1.85. The minimum Gasteiger partial charge on any atom is -0.480 e. The van der Waals surface area contributed by atoms with Gasteiger partial charge in [-0.2, -0.15) is 4.98 Å². The Morgan fingerprint density at radius 2 is 1.72 bits per heavy atom. The Labute approximate surface area is 276 Å². The fourth-order valence-corrected chi connectivity index (χ4v) is 5.19. The Bertz CT molecular complexity index is 1570. The Morgan fingerprint density at radius 3 is 2.40 bits per heavy atom. The molecule has 0 spiro atoms. The lowest BCUT2D eigenvalue weighted by molar-refractivity contribution is -0.139. The summed E-state index contributed by atoms with van der Waals surface area (Å²) in [5.74, 6) is 0.785. The van der Waals surface area contributed by atoms with Gasteiger partial charge >= 0.3 is 5.97 Å². The molecule has 0 fully saturated rings. The zero-order valence-corrected chi connectivity index (χ0v) is 27.4. The van der Waals surface area contributed by atoms with Crippen LogP contribution in [0.5, 0.6) is 0 Å². The van der Waals surface area contributed by atoms with Gasteiger partial charge < -0.3 is 44.6 Å². The van der Waals surface area contributed by atoms with Gasteiger partial charge in [-0.25, -0.2) is 4.79 Å². The summed E-state index contributed by atoms with van der Waals surface area (Å²) >= 11 is 1.20. The van der Waals surface area contributed by atoms with Crippen molar-refractivity contribution >= 4 is 45.0 Å². The molecule has 0 aliphatic heterocycles. The lowest BCUT2D eigenvalue weighted by Crippen LogP contribution is -2.41. The molecule has 0 saturated carbocycles. The number of aryl methyl sites for hydroxylation is 1. The smallest absolute Gasteiger partial charge is 0.326 e. The molecule has 15 heteroatoms. The van der Waals surface area contributed by atoms with E-state index in [1.807, 2.05) is 24.1 Å². The normalized spacial score (nSPS) is 11.6. The number of carbonyl (C=O) groups is 3. The predicted octanol–water partition coefficient (Wildman–Crippen LogP) is 1.71. The van der Waals surface area contributed by atoms with Gasteiger partial charge in [-0.3, -0.25) is 14.4 Å². The van der Waals surface area contributed by atoms with Gasteiger partial charge in [-0.05, 0) is 43.2 Å². The number of nitrogens with zero attached hydrogens (tertiary/aromatic N) is 2. The molecule has 0 radical (unpaired) electrons. The van der Waals surface area contributed by atoms with Crippen molar-refractivity contribution < 1.29 is 38.4 Å². The number of amides is 2. The van der Waals surface area contributed by atoms with Crippen LogP contribution >= 0.6 is 11.3 Å². The number of terminal acetylenes is 1. The number of carboxylic acid groups (broad SMARTS) is 1. The summed E-state index contributed by atoms with van der Waals surface area (Å²) < 4.78 is 21.2. The fraction of sp³-hybridized carbons (Fsp3) is 0.469. The first-order chi connectivity index (χ1) is 22.7. The molecule has 2 aromatic heterocycles. The molecular formula is C32H41N5O9S. The van der Waals surface area contributed by atoms with Crippen molar-refractivity contribution in [1.29, 1.82) is 0 Å². The van der Waals surface area contributed by atoms with Crippen molar-refractivity contribution in [1.82, 2.24) is 20.6 Å². The van der Waals surface area contributed by atoms with Crippen molar-refractivity contribution in [2.24, 2.45) is 0 Å². The van der Waals surface area contributed by atoms with E-state index in [0.717, 1.165) is 10.6 Å². The molecule has 0 aliphatic carbocycles. The predicted molar refractivity (Wildman–Crippen MR) is 177 cm³/mol. The second-order valence-electron chi connectivity index (χ2n) is 10.3. The first kappa shape index (κ1) is 37.1. The molecule has 4 N–H and O–H groups in total. The van der Waals surface area contributed by atoms with E-state index in [1.165, 1.54) is 11.3 Å². The maximum Gasteiger partial charge on any atom is 0.326 e. The average Bonchev–Trinajstić information content (AvgIpc) is 3.54. The number of fused-ring (bicyclic) bond motifs is 1. The zero-order valence-electron chi connectivity index (χ0n) is 26.5. The number of ether oxygens (including phenoxy) is 4. The molecule has 1 atom stereocenters. The van der Waals surface area contributed by atoms with Crippen LogP contribution < -0.4 is 21.1 Å². The van der Waals surface area contributed by atoms with E-state index in [9.17, 15) is 24.3 Å². The number of thiophene rings is 1. The Kier molecular flexibility index (Phi) is 15.8. The number of hydrogen-bond donors (Lipinski definition) is 4. The summed E-state index contributed by atoms with van der Waals surface area (Å²) in [6, 6.07) is 7.68. The second-order valence-corrected chi connectivity index (χ2v) is 11.4. The van der Waals surface area contributed by atoms with Crippen LogP contribution in [0.3, 0.4) is 0 Å². The van der Waals surface area contributed by atoms with E-state index in [0.29, 0.717) is 67.8 Å². The molecule has 3 aromatic rings. The molecule has 0 aliphatic rings. The first-order valence-corrected chi connectivity index (χ1v) is 15.8. The average molecular weight is 672 g/mol. The third-order valence-electron chi connectivity index (χ3n) is 6.64. The van der Waals surface area contributed by atoms with Crippen molar-refractivity contribution in [3.63, 3.8) is 0 Å². The number of aromatic nitrogens is 2. The number of aromatic amines is 1. The summed E-state index contributed by atoms with van der Waals surface area (Å²) in [5.41, 5.74) is 1.29. The second kappa shape index (κ2) is 20.0. The standard InChI is InChI=1S/C32H41N5O9S/c1-4-12-43-14-16-45-18-19-46-17-15-44-13-11-33-28(38)9-7-26(32(41)42)36-31(40)27-8-10-29(47-27)37(3)21-23-5-6-25-24(20-23)30(39)35-22(2)34-25/h1,5-6,8,10,20,26H,7,9,11-19,21H2,2-3H3,(H,33,38)(H,36,40)(H,41,42)(H,34,35,39)/t26-/m0/s1. The van der Waals surface area contributed by atoms with Crippen molar-refractivity contribution in [2.75, 3.05) is 71.3 Å². The number of carbonyl (C=O) groups excluding carboxylic acids is 2. The van der Waals surface area contributed by atoms with Crippen molar-refractivity contribution in [3.05, 3.63) is 57.0 Å². The number of benzene rings is 1. The Hall–Kier alpha value is -4.33. The number of aliphatic carboxylic acids is 1. The van der Waals surface area contributed by atoms with Crippen molar-refractivity contribution in [2.45, 2.75) is 32.4 Å². The molecule has 2 amide bonds. The lowest BCUT2D eigenvalue weighted by atomic mass is 10.1. The van der Waals surface area contributed by atoms with Crippen LogP contribution in [-0.4, -0.2) is 105 Å². The number of H-pyrrole nitrogens is 1. The molecule has 14 nitrogen and oxygen atoms in total. The van der Waals surface area contributed by atoms with E-state index in [1.54, 1.807) is 25.1 Å². The first-order valence-electron chi connectivity index (χ1n) is 15.0. The summed E-state index contributed by atoms with van der Waals surface area (Å²) in [6.45, 7) is 5.39. The summed E-state index contributed by atoms with van der Waals surface area (Å²) in [5, 5.41) is 16.1. The highest BCUT2D eigenvalue weighted by atomic mass is 32.1.